The van der Waals surface area contributed by atoms with E-state index in [0.717, 1.165) is 17.9 Å². The van der Waals surface area contributed by atoms with E-state index in [1.807, 2.05) is 7.05 Å². The highest BCUT2D eigenvalue weighted by atomic mass is 35.5. The van der Waals surface area contributed by atoms with Gasteiger partial charge in [0.05, 0.1) is 0 Å². The van der Waals surface area contributed by atoms with Crippen molar-refractivity contribution in [3.05, 3.63) is 34.6 Å². The number of halogens is 2. The zero-order valence-corrected chi connectivity index (χ0v) is 10.2. The highest BCUT2D eigenvalue weighted by Gasteiger charge is 2.26. The average molecular weight is 242 g/mol. The van der Waals surface area contributed by atoms with Gasteiger partial charge in [-0.1, -0.05) is 18.0 Å². The Morgan fingerprint density at radius 3 is 2.81 bits per heavy atom. The van der Waals surface area contributed by atoms with Crippen molar-refractivity contribution < 1.29 is 4.39 Å². The molecule has 1 aromatic carbocycles. The van der Waals surface area contributed by atoms with Crippen LogP contribution in [-0.2, 0) is 6.42 Å². The quantitative estimate of drug-likeness (QED) is 0.852. The Hall–Kier alpha value is -0.600. The van der Waals surface area contributed by atoms with Crippen molar-refractivity contribution in [1.29, 1.82) is 0 Å². The van der Waals surface area contributed by atoms with E-state index in [1.54, 1.807) is 12.1 Å². The molecule has 0 aromatic heterocycles. The maximum absolute atomic E-state index is 13.1. The number of rotatable bonds is 4. The molecule has 1 nitrogen and oxygen atoms in total. The molecule has 1 fully saturated rings. The Morgan fingerprint density at radius 2 is 2.25 bits per heavy atom. The predicted octanol–water partition coefficient (Wildman–Crippen LogP) is 3.41. The molecule has 1 aliphatic carbocycles. The molecule has 16 heavy (non-hydrogen) atoms. The number of hydrogen-bond donors (Lipinski definition) is 1. The standard InChI is InChI=1S/C13H17ClFN/c1-16-13(9-3-2-4-9)8-10-7-11(15)5-6-12(10)14/h5-7,9,13,16H,2-4,8H2,1H3. The van der Waals surface area contributed by atoms with Gasteiger partial charge in [-0.2, -0.15) is 0 Å². The van der Waals surface area contributed by atoms with Gasteiger partial charge in [0.25, 0.3) is 0 Å². The summed E-state index contributed by atoms with van der Waals surface area (Å²) in [5.41, 5.74) is 0.910. The van der Waals surface area contributed by atoms with Gasteiger partial charge in [0, 0.05) is 11.1 Å². The van der Waals surface area contributed by atoms with E-state index >= 15 is 0 Å². The van der Waals surface area contributed by atoms with E-state index in [2.05, 4.69) is 5.32 Å². The molecule has 1 atom stereocenters. The van der Waals surface area contributed by atoms with E-state index in [1.165, 1.54) is 25.3 Å². The van der Waals surface area contributed by atoms with Crippen LogP contribution in [0, 0.1) is 11.7 Å². The van der Waals surface area contributed by atoms with Crippen LogP contribution in [0.2, 0.25) is 5.02 Å². The summed E-state index contributed by atoms with van der Waals surface area (Å²) in [7, 11) is 1.97. The van der Waals surface area contributed by atoms with E-state index in [-0.39, 0.29) is 5.82 Å². The molecule has 0 radical (unpaired) electrons. The molecule has 0 bridgehead atoms. The van der Waals surface area contributed by atoms with Crippen LogP contribution in [0.1, 0.15) is 24.8 Å². The first kappa shape index (κ1) is 11.9. The van der Waals surface area contributed by atoms with Gasteiger partial charge in [-0.25, -0.2) is 4.39 Å². The normalized spacial score (nSPS) is 18.2. The van der Waals surface area contributed by atoms with Crippen LogP contribution < -0.4 is 5.32 Å². The third-order valence-electron chi connectivity index (χ3n) is 3.54. The summed E-state index contributed by atoms with van der Waals surface area (Å²) in [5, 5.41) is 3.99. The minimum Gasteiger partial charge on any atom is -0.316 e. The van der Waals surface area contributed by atoms with Crippen molar-refractivity contribution in [2.24, 2.45) is 5.92 Å². The smallest absolute Gasteiger partial charge is 0.123 e. The highest BCUT2D eigenvalue weighted by molar-refractivity contribution is 6.31. The summed E-state index contributed by atoms with van der Waals surface area (Å²) in [6.45, 7) is 0. The van der Waals surface area contributed by atoms with Gasteiger partial charge in [0.15, 0.2) is 0 Å². The first-order valence-electron chi connectivity index (χ1n) is 5.82. The molecule has 0 heterocycles. The number of nitrogens with one attached hydrogen (secondary N) is 1. The van der Waals surface area contributed by atoms with Gasteiger partial charge in [0.1, 0.15) is 5.82 Å². The second-order valence-electron chi connectivity index (χ2n) is 4.53. The number of benzene rings is 1. The summed E-state index contributed by atoms with van der Waals surface area (Å²) in [5.74, 6) is 0.521. The first-order chi connectivity index (χ1) is 7.70. The maximum Gasteiger partial charge on any atom is 0.123 e. The van der Waals surface area contributed by atoms with Gasteiger partial charge in [-0.05, 0) is 56.0 Å². The minimum absolute atomic E-state index is 0.206. The van der Waals surface area contributed by atoms with E-state index in [9.17, 15) is 4.39 Å². The molecule has 0 spiro atoms. The second kappa shape index (κ2) is 5.15. The highest BCUT2D eigenvalue weighted by Crippen LogP contribution is 2.32. The molecule has 1 saturated carbocycles. The van der Waals surface area contributed by atoms with Crippen LogP contribution in [0.5, 0.6) is 0 Å². The fourth-order valence-electron chi connectivity index (χ4n) is 2.28. The molecule has 1 aliphatic rings. The molecule has 0 aliphatic heterocycles. The lowest BCUT2D eigenvalue weighted by Gasteiger charge is -2.33. The van der Waals surface area contributed by atoms with Gasteiger partial charge in [-0.3, -0.25) is 0 Å². The molecule has 1 unspecified atom stereocenters. The topological polar surface area (TPSA) is 12.0 Å². The van der Waals surface area contributed by atoms with Crippen LogP contribution in [0.3, 0.4) is 0 Å². The van der Waals surface area contributed by atoms with E-state index in [0.29, 0.717) is 11.1 Å². The molecule has 0 amide bonds. The molecular weight excluding hydrogens is 225 g/mol. The summed E-state index contributed by atoms with van der Waals surface area (Å²) in [6.07, 6.45) is 4.69. The molecule has 3 heteroatoms. The molecule has 2 rings (SSSR count). The van der Waals surface area contributed by atoms with Crippen LogP contribution in [0.4, 0.5) is 4.39 Å². The van der Waals surface area contributed by atoms with Crippen LogP contribution in [0.25, 0.3) is 0 Å². The monoisotopic (exact) mass is 241 g/mol. The van der Waals surface area contributed by atoms with Crippen LogP contribution in [-0.4, -0.2) is 13.1 Å². The van der Waals surface area contributed by atoms with Crippen LogP contribution in [0.15, 0.2) is 18.2 Å². The van der Waals surface area contributed by atoms with E-state index < -0.39 is 0 Å². The Bertz CT molecular complexity index is 363. The summed E-state index contributed by atoms with van der Waals surface area (Å²) in [4.78, 5) is 0. The van der Waals surface area contributed by atoms with Gasteiger partial charge in [-0.15, -0.1) is 0 Å². The molecule has 1 aromatic rings. The minimum atomic E-state index is -0.206. The summed E-state index contributed by atoms with van der Waals surface area (Å²) in [6, 6.07) is 5.02. The molecular formula is C13H17ClFN. The van der Waals surface area contributed by atoms with Gasteiger partial charge in [0.2, 0.25) is 0 Å². The first-order valence-corrected chi connectivity index (χ1v) is 6.19. The predicted molar refractivity (Wildman–Crippen MR) is 65.3 cm³/mol. The lowest BCUT2D eigenvalue weighted by Crippen LogP contribution is -2.39. The second-order valence-corrected chi connectivity index (χ2v) is 4.93. The Balaban J connectivity index is 2.08. The fourth-order valence-corrected chi connectivity index (χ4v) is 2.48. The maximum atomic E-state index is 13.1. The SMILES string of the molecule is CNC(Cc1cc(F)ccc1Cl)C1CCC1. The van der Waals surface area contributed by atoms with Crippen molar-refractivity contribution >= 4 is 11.6 Å². The fraction of sp³-hybridized carbons (Fsp3) is 0.538. The number of hydrogen-bond acceptors (Lipinski definition) is 1. The molecule has 1 N–H and O–H groups in total. The molecule has 0 saturated heterocycles. The average Bonchev–Trinajstić information content (AvgIpc) is 2.19. The summed E-state index contributed by atoms with van der Waals surface area (Å²) < 4.78 is 13.1. The van der Waals surface area contributed by atoms with Gasteiger partial charge >= 0.3 is 0 Å². The third kappa shape index (κ3) is 2.55. The van der Waals surface area contributed by atoms with Crippen molar-refractivity contribution in [1.82, 2.24) is 5.32 Å². The zero-order chi connectivity index (χ0) is 11.5. The lowest BCUT2D eigenvalue weighted by atomic mass is 9.77. The van der Waals surface area contributed by atoms with Crippen LogP contribution >= 0.6 is 11.6 Å². The van der Waals surface area contributed by atoms with Crippen molar-refractivity contribution in [3.8, 4) is 0 Å². The largest absolute Gasteiger partial charge is 0.316 e. The Kier molecular flexibility index (Phi) is 3.82. The number of likely N-dealkylation sites (N-methyl/N-ethyl adjacent to an activating group) is 1. The Labute approximate surface area is 101 Å². The van der Waals surface area contributed by atoms with Crippen molar-refractivity contribution in [2.75, 3.05) is 7.05 Å². The summed E-state index contributed by atoms with van der Waals surface area (Å²) >= 11 is 6.07. The van der Waals surface area contributed by atoms with Crippen molar-refractivity contribution in [2.45, 2.75) is 31.7 Å². The third-order valence-corrected chi connectivity index (χ3v) is 3.91. The molecule has 88 valence electrons. The van der Waals surface area contributed by atoms with Crippen molar-refractivity contribution in [3.63, 3.8) is 0 Å². The van der Waals surface area contributed by atoms with E-state index in [4.69, 9.17) is 11.6 Å². The lowest BCUT2D eigenvalue weighted by molar-refractivity contribution is 0.235. The Morgan fingerprint density at radius 1 is 1.50 bits per heavy atom. The van der Waals surface area contributed by atoms with Gasteiger partial charge < -0.3 is 5.32 Å². The zero-order valence-electron chi connectivity index (χ0n) is 9.47.